The number of carbonyl (C=O) groups is 1. The van der Waals surface area contributed by atoms with Crippen LogP contribution in [-0.4, -0.2) is 63.2 Å². The number of ether oxygens (including phenoxy) is 1. The van der Waals surface area contributed by atoms with Gasteiger partial charge in [-0.25, -0.2) is 4.79 Å². The highest BCUT2D eigenvalue weighted by Crippen LogP contribution is 2.52. The van der Waals surface area contributed by atoms with Crippen LogP contribution in [0.25, 0.3) is 0 Å². The number of carbonyl (C=O) groups excluding carboxylic acids is 1. The maximum absolute atomic E-state index is 12.1. The number of nitrogens with zero attached hydrogens (tertiary/aromatic N) is 1. The molecule has 2 atom stereocenters. The number of halogens is 1. The van der Waals surface area contributed by atoms with Crippen LogP contribution in [0.3, 0.4) is 0 Å². The summed E-state index contributed by atoms with van der Waals surface area (Å²) in [4.78, 5) is 13.9. The third-order valence-electron chi connectivity index (χ3n) is 6.00. The molecule has 2 heterocycles. The van der Waals surface area contributed by atoms with Gasteiger partial charge in [0.15, 0.2) is 0 Å². The Labute approximate surface area is 163 Å². The van der Waals surface area contributed by atoms with Gasteiger partial charge in [0.1, 0.15) is 5.60 Å². The van der Waals surface area contributed by atoms with E-state index < -0.39 is 5.60 Å². The predicted molar refractivity (Wildman–Crippen MR) is 103 cm³/mol. The molecule has 2 spiro atoms. The van der Waals surface area contributed by atoms with Gasteiger partial charge in [-0.15, -0.1) is 12.4 Å². The zero-order chi connectivity index (χ0) is 18.3. The number of rotatable bonds is 2. The summed E-state index contributed by atoms with van der Waals surface area (Å²) < 4.78 is 5.41. The topological polar surface area (TPSA) is 82.0 Å². The lowest BCUT2D eigenvalue weighted by Gasteiger charge is -2.32. The van der Waals surface area contributed by atoms with Crippen molar-refractivity contribution in [2.45, 2.75) is 101 Å². The minimum Gasteiger partial charge on any atom is -0.444 e. The van der Waals surface area contributed by atoms with Gasteiger partial charge in [0.25, 0.3) is 0 Å². The molecule has 0 radical (unpaired) electrons. The maximum Gasteiger partial charge on any atom is 0.411 e. The number of amides is 1. The van der Waals surface area contributed by atoms with E-state index in [0.29, 0.717) is 18.2 Å². The van der Waals surface area contributed by atoms with Crippen molar-refractivity contribution in [2.24, 2.45) is 0 Å². The average molecular weight is 391 g/mol. The van der Waals surface area contributed by atoms with E-state index in [4.69, 9.17) is 9.84 Å². The molecule has 152 valence electrons. The van der Waals surface area contributed by atoms with Gasteiger partial charge in [-0.05, 0) is 72.1 Å². The van der Waals surface area contributed by atoms with Crippen LogP contribution in [0.4, 0.5) is 4.79 Å². The van der Waals surface area contributed by atoms with E-state index >= 15 is 0 Å². The lowest BCUT2D eigenvalue weighted by atomic mass is 10.2. The Morgan fingerprint density at radius 2 is 1.73 bits per heavy atom. The maximum atomic E-state index is 12.1. The van der Waals surface area contributed by atoms with Crippen LogP contribution in [0.1, 0.15) is 72.1 Å². The number of aliphatic hydroxyl groups is 2. The normalized spacial score (nSPS) is 29.8. The van der Waals surface area contributed by atoms with E-state index in [0.717, 1.165) is 25.7 Å². The van der Waals surface area contributed by atoms with E-state index in [-0.39, 0.29) is 36.7 Å². The van der Waals surface area contributed by atoms with Crippen molar-refractivity contribution in [1.29, 1.82) is 0 Å². The van der Waals surface area contributed by atoms with Crippen molar-refractivity contribution < 1.29 is 19.7 Å². The highest BCUT2D eigenvalue weighted by Gasteiger charge is 2.57. The fraction of sp³-hybridized carbons (Fsp3) is 0.947. The van der Waals surface area contributed by atoms with E-state index in [1.165, 1.54) is 25.7 Å². The minimum atomic E-state index is -0.463. The molecule has 7 heteroatoms. The summed E-state index contributed by atoms with van der Waals surface area (Å²) in [5.41, 5.74) is 0.0683. The second-order valence-corrected chi connectivity index (χ2v) is 9.29. The molecule has 0 bridgehead atoms. The molecule has 0 aromatic heterocycles. The quantitative estimate of drug-likeness (QED) is 0.675. The van der Waals surface area contributed by atoms with Crippen LogP contribution in [0.15, 0.2) is 0 Å². The van der Waals surface area contributed by atoms with Crippen LogP contribution < -0.4 is 5.32 Å². The van der Waals surface area contributed by atoms with Gasteiger partial charge >= 0.3 is 6.09 Å². The molecule has 2 saturated heterocycles. The van der Waals surface area contributed by atoms with Gasteiger partial charge in [-0.1, -0.05) is 0 Å². The average Bonchev–Trinajstić information content (AvgIpc) is 3.36. The van der Waals surface area contributed by atoms with E-state index in [9.17, 15) is 9.90 Å². The van der Waals surface area contributed by atoms with Crippen LogP contribution in [0.5, 0.6) is 0 Å². The zero-order valence-electron chi connectivity index (χ0n) is 16.3. The van der Waals surface area contributed by atoms with Crippen molar-refractivity contribution in [3.05, 3.63) is 0 Å². The number of hydrogen-bond acceptors (Lipinski definition) is 5. The monoisotopic (exact) mass is 390 g/mol. The molecule has 0 aromatic carbocycles. The molecule has 2 saturated carbocycles. The Balaban J connectivity index is 0.000000206. The summed E-state index contributed by atoms with van der Waals surface area (Å²) in [6, 6.07) is 0.366. The second-order valence-electron chi connectivity index (χ2n) is 9.29. The molecule has 3 N–H and O–H groups in total. The smallest absolute Gasteiger partial charge is 0.411 e. The fourth-order valence-corrected chi connectivity index (χ4v) is 4.24. The lowest BCUT2D eigenvalue weighted by Crippen LogP contribution is -2.46. The molecule has 6 nitrogen and oxygen atoms in total. The summed E-state index contributed by atoms with van der Waals surface area (Å²) in [6.07, 6.45) is 8.90. The molecule has 2 aliphatic carbocycles. The molecule has 4 rings (SSSR count). The summed E-state index contributed by atoms with van der Waals surface area (Å²) in [5.74, 6) is 0. The minimum absolute atomic E-state index is 0. The predicted octanol–water partition coefficient (Wildman–Crippen LogP) is 2.60. The highest BCUT2D eigenvalue weighted by atomic mass is 35.5. The van der Waals surface area contributed by atoms with Gasteiger partial charge in [-0.2, -0.15) is 0 Å². The van der Waals surface area contributed by atoms with Crippen LogP contribution in [-0.2, 0) is 4.74 Å². The van der Waals surface area contributed by atoms with Crippen molar-refractivity contribution in [1.82, 2.24) is 10.2 Å². The SMILES string of the molecule is CC(C)(C)OC(=O)N1[C@H](CO)CCC12CC2.Cl.OC[C@@H]1CCC2(CC2)N1. The standard InChI is InChI=1S/C12H21NO3.C7H13NO.ClH/c1-11(2,3)16-10(15)13-9(8-14)4-5-12(13)6-7-12;9-5-6-1-2-7(8-6)3-4-7;/h9,14H,4-8H2,1-3H3;6,8-9H,1-5H2;1H/t9-;6-;/m00./s1. The molecule has 0 unspecified atom stereocenters. The molecule has 0 aromatic rings. The Kier molecular flexibility index (Phi) is 6.54. The first-order valence-corrected chi connectivity index (χ1v) is 9.74. The largest absolute Gasteiger partial charge is 0.444 e. The fourth-order valence-electron chi connectivity index (χ4n) is 4.24. The summed E-state index contributed by atoms with van der Waals surface area (Å²) in [5, 5.41) is 21.5. The number of hydrogen-bond donors (Lipinski definition) is 3. The Morgan fingerprint density at radius 1 is 1.08 bits per heavy atom. The van der Waals surface area contributed by atoms with E-state index in [1.807, 2.05) is 20.8 Å². The summed E-state index contributed by atoms with van der Waals surface area (Å²) in [7, 11) is 0. The third kappa shape index (κ3) is 4.83. The second kappa shape index (κ2) is 7.82. The first kappa shape index (κ1) is 21.7. The third-order valence-corrected chi connectivity index (χ3v) is 6.00. The summed E-state index contributed by atoms with van der Waals surface area (Å²) >= 11 is 0. The molecular weight excluding hydrogens is 356 g/mol. The molecule has 1 amide bonds. The van der Waals surface area contributed by atoms with Gasteiger partial charge in [0.05, 0.1) is 19.3 Å². The molecule has 4 fully saturated rings. The number of likely N-dealkylation sites (tertiary alicyclic amines) is 1. The van der Waals surface area contributed by atoms with Crippen LogP contribution in [0.2, 0.25) is 0 Å². The Hall–Kier alpha value is -0.560. The Bertz CT molecular complexity index is 500. The van der Waals surface area contributed by atoms with Gasteiger partial charge in [-0.3, -0.25) is 4.90 Å². The number of aliphatic hydroxyl groups excluding tert-OH is 2. The van der Waals surface area contributed by atoms with Gasteiger partial charge < -0.3 is 20.3 Å². The van der Waals surface area contributed by atoms with Gasteiger partial charge in [0, 0.05) is 17.1 Å². The lowest BCUT2D eigenvalue weighted by molar-refractivity contribution is 0.00609. The highest BCUT2D eigenvalue weighted by molar-refractivity contribution is 5.85. The van der Waals surface area contributed by atoms with Crippen molar-refractivity contribution in [3.8, 4) is 0 Å². The van der Waals surface area contributed by atoms with Crippen molar-refractivity contribution >= 4 is 18.5 Å². The Morgan fingerprint density at radius 3 is 2.12 bits per heavy atom. The van der Waals surface area contributed by atoms with Gasteiger partial charge in [0.2, 0.25) is 0 Å². The molecule has 26 heavy (non-hydrogen) atoms. The molecule has 4 aliphatic rings. The van der Waals surface area contributed by atoms with Crippen LogP contribution >= 0.6 is 12.4 Å². The van der Waals surface area contributed by atoms with Crippen molar-refractivity contribution in [3.63, 3.8) is 0 Å². The van der Waals surface area contributed by atoms with Crippen molar-refractivity contribution in [2.75, 3.05) is 13.2 Å². The van der Waals surface area contributed by atoms with Crippen LogP contribution in [0, 0.1) is 0 Å². The van der Waals surface area contributed by atoms with E-state index in [1.54, 1.807) is 4.90 Å². The van der Waals surface area contributed by atoms with E-state index in [2.05, 4.69) is 5.32 Å². The number of nitrogens with one attached hydrogen (secondary N) is 1. The summed E-state index contributed by atoms with van der Waals surface area (Å²) in [6.45, 7) is 5.97. The first-order valence-electron chi connectivity index (χ1n) is 9.74. The zero-order valence-corrected chi connectivity index (χ0v) is 17.1. The molecular formula is C19H35ClN2O4. The molecule has 2 aliphatic heterocycles. The first-order chi connectivity index (χ1) is 11.7.